The van der Waals surface area contributed by atoms with Crippen LogP contribution < -0.4 is 14.8 Å². The minimum atomic E-state index is -0.357. The van der Waals surface area contributed by atoms with Crippen molar-refractivity contribution in [2.75, 3.05) is 20.8 Å². The largest absolute Gasteiger partial charge is 0.502 e. The van der Waals surface area contributed by atoms with Gasteiger partial charge in [-0.05, 0) is 70.7 Å². The number of phenolic OH excluding ortho intramolecular Hbond substituents is 1. The van der Waals surface area contributed by atoms with Gasteiger partial charge in [0.15, 0.2) is 11.5 Å². The van der Waals surface area contributed by atoms with E-state index in [0.717, 1.165) is 33.4 Å². The van der Waals surface area contributed by atoms with E-state index in [1.165, 1.54) is 32.5 Å². The second-order valence-electron chi connectivity index (χ2n) is 7.78. The summed E-state index contributed by atoms with van der Waals surface area (Å²) in [4.78, 5) is 20.6. The standard InChI is InChI=1S/C26H24FN3O4/c1-15-20(8-16-9-23(33-2)26(32)24(10-16)34-3)19-5-4-17(27)11-21(19)22(15)14-30-25(31)12-18-13-28-6-7-29-18/h4-11,13,32H,12,14H2,1-3H3,(H,30,31). The number of methoxy groups -OCH3 is 2. The molecule has 2 aromatic carbocycles. The van der Waals surface area contributed by atoms with Gasteiger partial charge in [0.1, 0.15) is 5.82 Å². The van der Waals surface area contributed by atoms with Crippen LogP contribution in [0.15, 0.2) is 54.5 Å². The zero-order valence-electron chi connectivity index (χ0n) is 19.1. The van der Waals surface area contributed by atoms with E-state index >= 15 is 0 Å². The second kappa shape index (κ2) is 9.74. The second-order valence-corrected chi connectivity index (χ2v) is 7.78. The Hall–Kier alpha value is -4.20. The average Bonchev–Trinajstić information content (AvgIpc) is 3.09. The Balaban J connectivity index is 1.67. The Bertz CT molecular complexity index is 1280. The van der Waals surface area contributed by atoms with E-state index in [-0.39, 0.29) is 41.9 Å². The number of fused-ring (bicyclic) bond motifs is 1. The summed E-state index contributed by atoms with van der Waals surface area (Å²) in [5.74, 6) is -0.0866. The van der Waals surface area contributed by atoms with Crippen LogP contribution in [-0.4, -0.2) is 41.7 Å². The molecule has 34 heavy (non-hydrogen) atoms. The van der Waals surface area contributed by atoms with Crippen LogP contribution in [0.4, 0.5) is 4.39 Å². The molecule has 0 radical (unpaired) electrons. The van der Waals surface area contributed by atoms with Crippen LogP contribution in [0.1, 0.15) is 29.3 Å². The molecular weight excluding hydrogens is 437 g/mol. The number of hydrogen-bond acceptors (Lipinski definition) is 6. The normalized spacial score (nSPS) is 13.7. The Morgan fingerprint density at radius 3 is 2.50 bits per heavy atom. The van der Waals surface area contributed by atoms with Gasteiger partial charge in [-0.1, -0.05) is 6.07 Å². The molecule has 1 aliphatic carbocycles. The molecule has 174 valence electrons. The summed E-state index contributed by atoms with van der Waals surface area (Å²) in [6.45, 7) is 2.17. The Morgan fingerprint density at radius 2 is 1.85 bits per heavy atom. The summed E-state index contributed by atoms with van der Waals surface area (Å²) < 4.78 is 24.7. The fraction of sp³-hybridized carbons (Fsp3) is 0.192. The molecule has 4 rings (SSSR count). The lowest BCUT2D eigenvalue weighted by molar-refractivity contribution is -0.120. The maximum Gasteiger partial charge on any atom is 0.226 e. The summed E-state index contributed by atoms with van der Waals surface area (Å²) in [6, 6.07) is 8.00. The number of carbonyl (C=O) groups is 1. The lowest BCUT2D eigenvalue weighted by atomic mass is 10.00. The van der Waals surface area contributed by atoms with E-state index in [9.17, 15) is 14.3 Å². The summed E-state index contributed by atoms with van der Waals surface area (Å²) in [5.41, 5.74) is 5.49. The number of aromatic nitrogens is 2. The van der Waals surface area contributed by atoms with Gasteiger partial charge in [-0.25, -0.2) is 4.39 Å². The van der Waals surface area contributed by atoms with Crippen molar-refractivity contribution < 1.29 is 23.8 Å². The molecule has 8 heteroatoms. The van der Waals surface area contributed by atoms with Gasteiger partial charge in [-0.3, -0.25) is 14.8 Å². The number of aromatic hydroxyl groups is 1. The highest BCUT2D eigenvalue weighted by atomic mass is 19.1. The summed E-state index contributed by atoms with van der Waals surface area (Å²) in [6.07, 6.45) is 6.66. The number of hydrogen-bond donors (Lipinski definition) is 2. The molecule has 2 N–H and O–H groups in total. The van der Waals surface area contributed by atoms with Gasteiger partial charge in [-0.2, -0.15) is 0 Å². The number of nitrogens with one attached hydrogen (secondary N) is 1. The molecular formula is C26H24FN3O4. The minimum absolute atomic E-state index is 0.0835. The SMILES string of the molecule is COc1cc(C=C2C(C)=C(CNC(=O)Cc3cnccn3)c3cc(F)ccc32)cc(OC)c1O. The van der Waals surface area contributed by atoms with Crippen molar-refractivity contribution in [2.45, 2.75) is 13.3 Å². The van der Waals surface area contributed by atoms with Gasteiger partial charge >= 0.3 is 0 Å². The number of halogens is 1. The number of benzene rings is 2. The predicted octanol–water partition coefficient (Wildman–Crippen LogP) is 4.03. The minimum Gasteiger partial charge on any atom is -0.502 e. The summed E-state index contributed by atoms with van der Waals surface area (Å²) in [7, 11) is 2.93. The molecule has 3 aromatic rings. The quantitative estimate of drug-likeness (QED) is 0.552. The third kappa shape index (κ3) is 4.61. The van der Waals surface area contributed by atoms with Crippen LogP contribution in [0.3, 0.4) is 0 Å². The molecule has 0 atom stereocenters. The molecule has 0 bridgehead atoms. The van der Waals surface area contributed by atoms with E-state index < -0.39 is 0 Å². The molecule has 7 nitrogen and oxygen atoms in total. The van der Waals surface area contributed by atoms with Crippen molar-refractivity contribution in [3.8, 4) is 17.2 Å². The molecule has 1 aliphatic rings. The van der Waals surface area contributed by atoms with Gasteiger partial charge in [0.25, 0.3) is 0 Å². The zero-order chi connectivity index (χ0) is 24.2. The molecule has 0 spiro atoms. The highest BCUT2D eigenvalue weighted by Gasteiger charge is 2.25. The van der Waals surface area contributed by atoms with Crippen molar-refractivity contribution in [1.82, 2.24) is 15.3 Å². The molecule has 1 heterocycles. The Kier molecular flexibility index (Phi) is 6.58. The number of amides is 1. The fourth-order valence-electron chi connectivity index (χ4n) is 3.98. The molecule has 1 amide bonds. The molecule has 0 saturated carbocycles. The molecule has 1 aromatic heterocycles. The van der Waals surface area contributed by atoms with Crippen molar-refractivity contribution in [3.05, 3.63) is 82.7 Å². The first kappa shape index (κ1) is 23.0. The highest BCUT2D eigenvalue weighted by Crippen LogP contribution is 2.44. The van der Waals surface area contributed by atoms with Crippen LogP contribution in [-0.2, 0) is 11.2 Å². The number of nitrogens with zero attached hydrogens (tertiary/aromatic N) is 2. The zero-order valence-corrected chi connectivity index (χ0v) is 19.1. The van der Waals surface area contributed by atoms with Crippen molar-refractivity contribution in [2.24, 2.45) is 0 Å². The number of ether oxygens (including phenoxy) is 2. The maximum atomic E-state index is 14.1. The molecule has 0 saturated heterocycles. The van der Waals surface area contributed by atoms with E-state index in [1.807, 2.05) is 13.0 Å². The monoisotopic (exact) mass is 461 g/mol. The smallest absolute Gasteiger partial charge is 0.226 e. The van der Waals surface area contributed by atoms with Crippen molar-refractivity contribution in [3.63, 3.8) is 0 Å². The molecule has 0 aliphatic heterocycles. The number of phenols is 1. The lowest BCUT2D eigenvalue weighted by Gasteiger charge is -2.11. The van der Waals surface area contributed by atoms with Gasteiger partial charge in [-0.15, -0.1) is 0 Å². The topological polar surface area (TPSA) is 93.6 Å². The van der Waals surface area contributed by atoms with Crippen LogP contribution in [0.25, 0.3) is 17.2 Å². The average molecular weight is 461 g/mol. The Labute approximate surface area is 196 Å². The van der Waals surface area contributed by atoms with Crippen LogP contribution in [0.2, 0.25) is 0 Å². The van der Waals surface area contributed by atoms with E-state index in [4.69, 9.17) is 9.47 Å². The van der Waals surface area contributed by atoms with Crippen LogP contribution >= 0.6 is 0 Å². The first-order chi connectivity index (χ1) is 16.4. The Morgan fingerprint density at radius 1 is 1.12 bits per heavy atom. The lowest BCUT2D eigenvalue weighted by Crippen LogP contribution is -2.27. The third-order valence-electron chi connectivity index (χ3n) is 5.69. The van der Waals surface area contributed by atoms with Gasteiger partial charge in [0, 0.05) is 25.1 Å². The first-order valence-corrected chi connectivity index (χ1v) is 10.6. The number of carbonyl (C=O) groups excluding carboxylic acids is 1. The summed E-state index contributed by atoms with van der Waals surface area (Å²) >= 11 is 0. The van der Waals surface area contributed by atoms with Crippen molar-refractivity contribution >= 4 is 23.1 Å². The van der Waals surface area contributed by atoms with E-state index in [1.54, 1.807) is 30.6 Å². The van der Waals surface area contributed by atoms with Crippen LogP contribution in [0, 0.1) is 5.82 Å². The van der Waals surface area contributed by atoms with E-state index in [2.05, 4.69) is 15.3 Å². The maximum absolute atomic E-state index is 14.1. The van der Waals surface area contributed by atoms with Gasteiger partial charge in [0.05, 0.1) is 26.3 Å². The predicted molar refractivity (Wildman–Crippen MR) is 127 cm³/mol. The summed E-state index contributed by atoms with van der Waals surface area (Å²) in [5, 5.41) is 13.1. The number of allylic oxidation sites excluding steroid dienone is 2. The number of rotatable bonds is 7. The van der Waals surface area contributed by atoms with E-state index in [0.29, 0.717) is 5.69 Å². The van der Waals surface area contributed by atoms with Gasteiger partial charge in [0.2, 0.25) is 11.7 Å². The third-order valence-corrected chi connectivity index (χ3v) is 5.69. The van der Waals surface area contributed by atoms with Gasteiger partial charge < -0.3 is 19.9 Å². The molecule has 0 fully saturated rings. The molecule has 0 unspecified atom stereocenters. The fourth-order valence-corrected chi connectivity index (χ4v) is 3.98. The first-order valence-electron chi connectivity index (χ1n) is 10.6. The van der Waals surface area contributed by atoms with Crippen molar-refractivity contribution in [1.29, 1.82) is 0 Å². The highest BCUT2D eigenvalue weighted by molar-refractivity contribution is 6.06. The van der Waals surface area contributed by atoms with Crippen LogP contribution in [0.5, 0.6) is 17.2 Å².